The summed E-state index contributed by atoms with van der Waals surface area (Å²) in [5.74, 6) is -0.943. The molecular weight excluding hydrogens is 203 g/mol. The molecular formula is C10H11FO2S. The standard InChI is InChI=1S/C10H11FO2S/c1-3-7-14(12,13)10-8(2)5-4-6-9(10)11/h3-6H,1,7H2,2H3. The second-order valence-electron chi connectivity index (χ2n) is 2.96. The molecule has 2 nitrogen and oxygen atoms in total. The molecule has 4 heteroatoms. The highest BCUT2D eigenvalue weighted by molar-refractivity contribution is 7.91. The lowest BCUT2D eigenvalue weighted by Gasteiger charge is -2.06. The third-order valence-electron chi connectivity index (χ3n) is 1.81. The molecule has 0 fully saturated rings. The molecule has 0 heterocycles. The van der Waals surface area contributed by atoms with Crippen LogP contribution < -0.4 is 0 Å². The van der Waals surface area contributed by atoms with E-state index in [-0.39, 0.29) is 10.6 Å². The first kappa shape index (κ1) is 10.9. The van der Waals surface area contributed by atoms with Crippen LogP contribution in [0.15, 0.2) is 35.7 Å². The van der Waals surface area contributed by atoms with Crippen LogP contribution >= 0.6 is 0 Å². The number of aryl methyl sites for hydroxylation is 1. The molecule has 0 aliphatic heterocycles. The Hall–Kier alpha value is -1.16. The maximum absolute atomic E-state index is 13.3. The number of rotatable bonds is 3. The summed E-state index contributed by atoms with van der Waals surface area (Å²) in [6.07, 6.45) is 1.25. The van der Waals surface area contributed by atoms with E-state index in [2.05, 4.69) is 6.58 Å². The molecule has 1 aromatic rings. The van der Waals surface area contributed by atoms with Gasteiger partial charge in [-0.25, -0.2) is 12.8 Å². The van der Waals surface area contributed by atoms with Gasteiger partial charge in [0.15, 0.2) is 9.84 Å². The molecule has 0 unspecified atom stereocenters. The molecule has 0 bridgehead atoms. The highest BCUT2D eigenvalue weighted by Gasteiger charge is 2.19. The van der Waals surface area contributed by atoms with Gasteiger partial charge in [0.25, 0.3) is 0 Å². The minimum Gasteiger partial charge on any atom is -0.223 e. The van der Waals surface area contributed by atoms with Crippen molar-refractivity contribution in [3.8, 4) is 0 Å². The molecule has 0 radical (unpaired) electrons. The van der Waals surface area contributed by atoms with Crippen molar-refractivity contribution in [1.82, 2.24) is 0 Å². The fourth-order valence-corrected chi connectivity index (χ4v) is 2.65. The summed E-state index contributed by atoms with van der Waals surface area (Å²) in [6, 6.07) is 4.19. The van der Waals surface area contributed by atoms with E-state index in [0.29, 0.717) is 5.56 Å². The molecule has 0 amide bonds. The van der Waals surface area contributed by atoms with Crippen LogP contribution in [0.5, 0.6) is 0 Å². The lowest BCUT2D eigenvalue weighted by Crippen LogP contribution is -2.08. The largest absolute Gasteiger partial charge is 0.223 e. The Morgan fingerprint density at radius 2 is 2.14 bits per heavy atom. The van der Waals surface area contributed by atoms with Crippen molar-refractivity contribution >= 4 is 9.84 Å². The molecule has 0 saturated heterocycles. The van der Waals surface area contributed by atoms with E-state index in [1.165, 1.54) is 12.1 Å². The normalized spacial score (nSPS) is 11.3. The van der Waals surface area contributed by atoms with Crippen molar-refractivity contribution in [2.75, 3.05) is 5.75 Å². The number of hydrogen-bond donors (Lipinski definition) is 0. The van der Waals surface area contributed by atoms with Gasteiger partial charge in [-0.3, -0.25) is 0 Å². The summed E-state index contributed by atoms with van der Waals surface area (Å²) in [5.41, 5.74) is 0.423. The predicted octanol–water partition coefficient (Wildman–Crippen LogP) is 2.09. The van der Waals surface area contributed by atoms with E-state index in [9.17, 15) is 12.8 Å². The van der Waals surface area contributed by atoms with Gasteiger partial charge in [-0.05, 0) is 18.6 Å². The number of hydrogen-bond acceptors (Lipinski definition) is 2. The van der Waals surface area contributed by atoms with Crippen molar-refractivity contribution < 1.29 is 12.8 Å². The number of halogens is 1. The Balaban J connectivity index is 3.39. The van der Waals surface area contributed by atoms with Crippen LogP contribution in [0.1, 0.15) is 5.56 Å². The molecule has 1 rings (SSSR count). The van der Waals surface area contributed by atoms with Gasteiger partial charge in [0, 0.05) is 0 Å². The van der Waals surface area contributed by atoms with E-state index >= 15 is 0 Å². The summed E-state index contributed by atoms with van der Waals surface area (Å²) < 4.78 is 36.4. The van der Waals surface area contributed by atoms with Gasteiger partial charge >= 0.3 is 0 Å². The first-order chi connectivity index (χ1) is 6.49. The van der Waals surface area contributed by atoms with Gasteiger partial charge in [0.05, 0.1) is 5.75 Å². The van der Waals surface area contributed by atoms with E-state index in [1.807, 2.05) is 0 Å². The Morgan fingerprint density at radius 3 is 2.64 bits per heavy atom. The summed E-state index contributed by atoms with van der Waals surface area (Å²) in [5, 5.41) is 0. The van der Waals surface area contributed by atoms with Crippen molar-refractivity contribution in [3.05, 3.63) is 42.2 Å². The van der Waals surface area contributed by atoms with Gasteiger partial charge in [-0.15, -0.1) is 6.58 Å². The minimum absolute atomic E-state index is 0.222. The monoisotopic (exact) mass is 214 g/mol. The first-order valence-corrected chi connectivity index (χ1v) is 5.73. The van der Waals surface area contributed by atoms with Crippen molar-refractivity contribution in [1.29, 1.82) is 0 Å². The van der Waals surface area contributed by atoms with Gasteiger partial charge in [-0.1, -0.05) is 18.2 Å². The van der Waals surface area contributed by atoms with Crippen LogP contribution in [0.4, 0.5) is 4.39 Å². The minimum atomic E-state index is -3.56. The molecule has 0 aromatic heterocycles. The maximum Gasteiger partial charge on any atom is 0.185 e. The third kappa shape index (κ3) is 2.01. The average molecular weight is 214 g/mol. The Morgan fingerprint density at radius 1 is 1.50 bits per heavy atom. The zero-order chi connectivity index (χ0) is 10.8. The quantitative estimate of drug-likeness (QED) is 0.722. The lowest BCUT2D eigenvalue weighted by atomic mass is 10.2. The van der Waals surface area contributed by atoms with Gasteiger partial charge in [-0.2, -0.15) is 0 Å². The van der Waals surface area contributed by atoms with Crippen molar-refractivity contribution in [2.24, 2.45) is 0 Å². The second kappa shape index (κ2) is 3.92. The molecule has 76 valence electrons. The number of benzene rings is 1. The SMILES string of the molecule is C=CCS(=O)(=O)c1c(C)cccc1F. The molecule has 1 aromatic carbocycles. The second-order valence-corrected chi connectivity index (χ2v) is 4.93. The molecule has 0 aliphatic carbocycles. The zero-order valence-corrected chi connectivity index (χ0v) is 8.64. The van der Waals surface area contributed by atoms with Crippen LogP contribution in [-0.2, 0) is 9.84 Å². The highest BCUT2D eigenvalue weighted by atomic mass is 32.2. The average Bonchev–Trinajstić information content (AvgIpc) is 2.02. The van der Waals surface area contributed by atoms with Gasteiger partial charge < -0.3 is 0 Å². The van der Waals surface area contributed by atoms with Crippen LogP contribution in [0.3, 0.4) is 0 Å². The zero-order valence-electron chi connectivity index (χ0n) is 7.83. The summed E-state index contributed by atoms with van der Waals surface area (Å²) in [7, 11) is -3.56. The molecule has 0 atom stereocenters. The van der Waals surface area contributed by atoms with E-state index in [0.717, 1.165) is 6.07 Å². The fraction of sp³-hybridized carbons (Fsp3) is 0.200. The van der Waals surface area contributed by atoms with Crippen LogP contribution in [0.25, 0.3) is 0 Å². The van der Waals surface area contributed by atoms with E-state index < -0.39 is 15.7 Å². The first-order valence-electron chi connectivity index (χ1n) is 4.08. The summed E-state index contributed by atoms with van der Waals surface area (Å²) in [6.45, 7) is 4.90. The molecule has 0 spiro atoms. The molecule has 14 heavy (non-hydrogen) atoms. The third-order valence-corrected chi connectivity index (χ3v) is 3.63. The van der Waals surface area contributed by atoms with E-state index in [1.54, 1.807) is 13.0 Å². The topological polar surface area (TPSA) is 34.1 Å². The number of sulfone groups is 1. The van der Waals surface area contributed by atoms with Gasteiger partial charge in [0.2, 0.25) is 0 Å². The lowest BCUT2D eigenvalue weighted by molar-refractivity contribution is 0.566. The summed E-state index contributed by atoms with van der Waals surface area (Å²) >= 11 is 0. The van der Waals surface area contributed by atoms with Crippen molar-refractivity contribution in [3.63, 3.8) is 0 Å². The Labute approximate surface area is 83.0 Å². The smallest absolute Gasteiger partial charge is 0.185 e. The molecule has 0 saturated carbocycles. The van der Waals surface area contributed by atoms with Crippen LogP contribution in [-0.4, -0.2) is 14.2 Å². The fourth-order valence-electron chi connectivity index (χ4n) is 1.25. The Bertz CT molecular complexity index is 429. The van der Waals surface area contributed by atoms with Gasteiger partial charge in [0.1, 0.15) is 10.7 Å². The predicted molar refractivity (Wildman–Crippen MR) is 53.4 cm³/mol. The molecule has 0 aliphatic rings. The van der Waals surface area contributed by atoms with E-state index in [4.69, 9.17) is 0 Å². The molecule has 0 N–H and O–H groups in total. The van der Waals surface area contributed by atoms with Crippen LogP contribution in [0, 0.1) is 12.7 Å². The van der Waals surface area contributed by atoms with Crippen LogP contribution in [0.2, 0.25) is 0 Å². The Kier molecular flexibility index (Phi) is 3.06. The highest BCUT2D eigenvalue weighted by Crippen LogP contribution is 2.20. The maximum atomic E-state index is 13.3. The summed E-state index contributed by atoms with van der Waals surface area (Å²) in [4.78, 5) is -0.222. The van der Waals surface area contributed by atoms with Crippen molar-refractivity contribution in [2.45, 2.75) is 11.8 Å².